The predicted molar refractivity (Wildman–Crippen MR) is 68.1 cm³/mol. The van der Waals surface area contributed by atoms with E-state index >= 15 is 0 Å². The van der Waals surface area contributed by atoms with Crippen LogP contribution in [0.1, 0.15) is 37.2 Å². The van der Waals surface area contributed by atoms with Crippen LogP contribution >= 0.6 is 0 Å². The van der Waals surface area contributed by atoms with Gasteiger partial charge in [-0.1, -0.05) is 6.07 Å². The van der Waals surface area contributed by atoms with Crippen molar-refractivity contribution in [3.63, 3.8) is 0 Å². The molecule has 1 aliphatic rings. The summed E-state index contributed by atoms with van der Waals surface area (Å²) in [5.41, 5.74) is 0.527. The first-order chi connectivity index (χ1) is 8.24. The Balaban J connectivity index is 2.10. The molecule has 4 heteroatoms. The molecule has 0 radical (unpaired) electrons. The van der Waals surface area contributed by atoms with E-state index in [1.165, 1.54) is 12.8 Å². The van der Waals surface area contributed by atoms with Crippen LogP contribution in [0.25, 0.3) is 0 Å². The zero-order valence-electron chi connectivity index (χ0n) is 10.4. The standard InChI is InChI=1S/C13H19N3O/c1-3-16(4-2)13(17)11-6-5-7-12(15-11)14-10-8-9-10/h5-7,10H,3-4,8-9H2,1-2H3,(H,14,15). The third-order valence-corrected chi connectivity index (χ3v) is 2.95. The Bertz CT molecular complexity index is 397. The van der Waals surface area contributed by atoms with E-state index in [1.54, 1.807) is 11.0 Å². The minimum Gasteiger partial charge on any atom is -0.367 e. The van der Waals surface area contributed by atoms with Gasteiger partial charge in [-0.2, -0.15) is 0 Å². The van der Waals surface area contributed by atoms with Gasteiger partial charge in [0, 0.05) is 19.1 Å². The number of pyridine rings is 1. The minimum absolute atomic E-state index is 0.00875. The van der Waals surface area contributed by atoms with Crippen molar-refractivity contribution in [2.45, 2.75) is 32.7 Å². The molecule has 0 bridgehead atoms. The molecule has 0 aromatic carbocycles. The van der Waals surface area contributed by atoms with Crippen LogP contribution in [0, 0.1) is 0 Å². The summed E-state index contributed by atoms with van der Waals surface area (Å²) in [6, 6.07) is 6.13. The highest BCUT2D eigenvalue weighted by Gasteiger charge is 2.22. The van der Waals surface area contributed by atoms with E-state index in [0.717, 1.165) is 18.9 Å². The molecule has 1 saturated carbocycles. The van der Waals surface area contributed by atoms with Gasteiger partial charge in [0.15, 0.2) is 0 Å². The maximum Gasteiger partial charge on any atom is 0.272 e. The molecule has 1 heterocycles. The van der Waals surface area contributed by atoms with E-state index in [2.05, 4.69) is 10.3 Å². The van der Waals surface area contributed by atoms with E-state index in [4.69, 9.17) is 0 Å². The van der Waals surface area contributed by atoms with Crippen LogP contribution in [0.15, 0.2) is 18.2 Å². The van der Waals surface area contributed by atoms with Crippen LogP contribution in [-0.4, -0.2) is 34.9 Å². The second-order valence-electron chi connectivity index (χ2n) is 4.30. The highest BCUT2D eigenvalue weighted by molar-refractivity contribution is 5.92. The third-order valence-electron chi connectivity index (χ3n) is 2.95. The van der Waals surface area contributed by atoms with Crippen molar-refractivity contribution < 1.29 is 4.79 Å². The number of nitrogens with one attached hydrogen (secondary N) is 1. The van der Waals surface area contributed by atoms with Crippen LogP contribution in [-0.2, 0) is 0 Å². The maximum atomic E-state index is 12.1. The van der Waals surface area contributed by atoms with Gasteiger partial charge in [0.2, 0.25) is 0 Å². The summed E-state index contributed by atoms with van der Waals surface area (Å²) in [4.78, 5) is 18.2. The summed E-state index contributed by atoms with van der Waals surface area (Å²) in [5, 5.41) is 3.30. The predicted octanol–water partition coefficient (Wildman–Crippen LogP) is 2.14. The van der Waals surface area contributed by atoms with E-state index < -0.39 is 0 Å². The molecular formula is C13H19N3O. The van der Waals surface area contributed by atoms with Gasteiger partial charge in [0.25, 0.3) is 5.91 Å². The highest BCUT2D eigenvalue weighted by atomic mass is 16.2. The molecule has 1 aromatic heterocycles. The lowest BCUT2D eigenvalue weighted by atomic mass is 10.3. The second kappa shape index (κ2) is 5.17. The number of amides is 1. The van der Waals surface area contributed by atoms with Crippen molar-refractivity contribution in [3.8, 4) is 0 Å². The fourth-order valence-electron chi connectivity index (χ4n) is 1.74. The lowest BCUT2D eigenvalue weighted by Gasteiger charge is -2.18. The smallest absolute Gasteiger partial charge is 0.272 e. The second-order valence-corrected chi connectivity index (χ2v) is 4.30. The zero-order valence-corrected chi connectivity index (χ0v) is 10.4. The normalized spacial score (nSPS) is 14.5. The topological polar surface area (TPSA) is 45.2 Å². The summed E-state index contributed by atoms with van der Waals surface area (Å²) < 4.78 is 0. The summed E-state index contributed by atoms with van der Waals surface area (Å²) >= 11 is 0. The molecule has 1 aromatic rings. The number of aromatic nitrogens is 1. The molecule has 4 nitrogen and oxygen atoms in total. The summed E-state index contributed by atoms with van der Waals surface area (Å²) in [7, 11) is 0. The Kier molecular flexibility index (Phi) is 3.61. The lowest BCUT2D eigenvalue weighted by molar-refractivity contribution is 0.0767. The molecule has 1 N–H and O–H groups in total. The Morgan fingerprint density at radius 2 is 2.12 bits per heavy atom. The molecule has 1 fully saturated rings. The number of carbonyl (C=O) groups is 1. The molecule has 0 aliphatic heterocycles. The van der Waals surface area contributed by atoms with Crippen molar-refractivity contribution in [1.82, 2.24) is 9.88 Å². The van der Waals surface area contributed by atoms with Gasteiger partial charge in [0.05, 0.1) is 0 Å². The Morgan fingerprint density at radius 1 is 1.41 bits per heavy atom. The van der Waals surface area contributed by atoms with Crippen LogP contribution < -0.4 is 5.32 Å². The molecule has 1 amide bonds. The van der Waals surface area contributed by atoms with Gasteiger partial charge >= 0.3 is 0 Å². The zero-order chi connectivity index (χ0) is 12.3. The molecule has 17 heavy (non-hydrogen) atoms. The van der Waals surface area contributed by atoms with Crippen molar-refractivity contribution >= 4 is 11.7 Å². The maximum absolute atomic E-state index is 12.1. The molecule has 1 aliphatic carbocycles. The third kappa shape index (κ3) is 2.96. The van der Waals surface area contributed by atoms with Crippen molar-refractivity contribution in [3.05, 3.63) is 23.9 Å². The molecule has 0 atom stereocenters. The van der Waals surface area contributed by atoms with E-state index in [1.807, 2.05) is 26.0 Å². The first-order valence-electron chi connectivity index (χ1n) is 6.27. The number of hydrogen-bond acceptors (Lipinski definition) is 3. The van der Waals surface area contributed by atoms with Crippen LogP contribution in [0.4, 0.5) is 5.82 Å². The Hall–Kier alpha value is -1.58. The van der Waals surface area contributed by atoms with Gasteiger partial charge in [-0.3, -0.25) is 4.79 Å². The highest BCUT2D eigenvalue weighted by Crippen LogP contribution is 2.23. The summed E-state index contributed by atoms with van der Waals surface area (Å²) in [5.74, 6) is 0.819. The average molecular weight is 233 g/mol. The average Bonchev–Trinajstić information content (AvgIpc) is 3.15. The molecule has 0 saturated heterocycles. The first kappa shape index (κ1) is 11.9. The van der Waals surface area contributed by atoms with Gasteiger partial charge in [-0.05, 0) is 38.8 Å². The van der Waals surface area contributed by atoms with E-state index in [9.17, 15) is 4.79 Å². The molecule has 2 rings (SSSR count). The van der Waals surface area contributed by atoms with E-state index in [-0.39, 0.29) is 5.91 Å². The molecule has 92 valence electrons. The first-order valence-corrected chi connectivity index (χ1v) is 6.27. The quantitative estimate of drug-likeness (QED) is 0.847. The molecular weight excluding hydrogens is 214 g/mol. The summed E-state index contributed by atoms with van der Waals surface area (Å²) in [6.45, 7) is 5.40. The van der Waals surface area contributed by atoms with Gasteiger partial charge in [-0.15, -0.1) is 0 Å². The Labute approximate surface area is 102 Å². The molecule has 0 unspecified atom stereocenters. The van der Waals surface area contributed by atoms with Gasteiger partial charge in [-0.25, -0.2) is 4.98 Å². The van der Waals surface area contributed by atoms with Crippen LogP contribution in [0.5, 0.6) is 0 Å². The minimum atomic E-state index is 0.00875. The van der Waals surface area contributed by atoms with Crippen molar-refractivity contribution in [1.29, 1.82) is 0 Å². The Morgan fingerprint density at radius 3 is 2.71 bits per heavy atom. The monoisotopic (exact) mass is 233 g/mol. The summed E-state index contributed by atoms with van der Waals surface area (Å²) in [6.07, 6.45) is 2.41. The number of carbonyl (C=O) groups excluding carboxylic acids is 1. The fourth-order valence-corrected chi connectivity index (χ4v) is 1.74. The number of anilines is 1. The van der Waals surface area contributed by atoms with Gasteiger partial charge in [0.1, 0.15) is 11.5 Å². The fraction of sp³-hybridized carbons (Fsp3) is 0.538. The van der Waals surface area contributed by atoms with Crippen LogP contribution in [0.2, 0.25) is 0 Å². The van der Waals surface area contributed by atoms with Crippen molar-refractivity contribution in [2.24, 2.45) is 0 Å². The molecule has 0 spiro atoms. The number of hydrogen-bond donors (Lipinski definition) is 1. The van der Waals surface area contributed by atoms with Crippen LogP contribution in [0.3, 0.4) is 0 Å². The number of rotatable bonds is 5. The van der Waals surface area contributed by atoms with E-state index in [0.29, 0.717) is 11.7 Å². The van der Waals surface area contributed by atoms with Crippen molar-refractivity contribution in [2.75, 3.05) is 18.4 Å². The largest absolute Gasteiger partial charge is 0.367 e. The lowest BCUT2D eigenvalue weighted by Crippen LogP contribution is -2.31. The number of nitrogens with zero attached hydrogens (tertiary/aromatic N) is 2. The van der Waals surface area contributed by atoms with Gasteiger partial charge < -0.3 is 10.2 Å². The SMILES string of the molecule is CCN(CC)C(=O)c1cccc(NC2CC2)n1.